The molecule has 0 N–H and O–H groups in total. The Kier molecular flexibility index (Phi) is 7.02. The molecule has 3 heterocycles. The normalized spacial score (nSPS) is 24.3. The maximum absolute atomic E-state index is 5.65. The van der Waals surface area contributed by atoms with Crippen LogP contribution in [0.5, 0.6) is 5.75 Å². The highest BCUT2D eigenvalue weighted by atomic mass is 16.5. The van der Waals surface area contributed by atoms with Crippen LogP contribution in [0.3, 0.4) is 0 Å². The van der Waals surface area contributed by atoms with Gasteiger partial charge in [-0.05, 0) is 24.3 Å². The van der Waals surface area contributed by atoms with Gasteiger partial charge in [0.2, 0.25) is 5.71 Å². The lowest BCUT2D eigenvalue weighted by molar-refractivity contribution is -0.504. The van der Waals surface area contributed by atoms with Gasteiger partial charge >= 0.3 is 0 Å². The third-order valence-corrected chi connectivity index (χ3v) is 6.74. The van der Waals surface area contributed by atoms with Gasteiger partial charge in [0.15, 0.2) is 6.04 Å². The van der Waals surface area contributed by atoms with Gasteiger partial charge in [-0.15, -0.1) is 0 Å². The van der Waals surface area contributed by atoms with Crippen LogP contribution < -0.4 is 4.74 Å². The van der Waals surface area contributed by atoms with Gasteiger partial charge in [-0.1, -0.05) is 0 Å². The predicted molar refractivity (Wildman–Crippen MR) is 126 cm³/mol. The van der Waals surface area contributed by atoms with E-state index in [2.05, 4.69) is 31.6 Å². The molecule has 3 saturated heterocycles. The Morgan fingerprint density at radius 3 is 1.91 bits per heavy atom. The molecular formula is C25H34N5O3+. The van der Waals surface area contributed by atoms with Crippen molar-refractivity contribution in [1.29, 1.82) is 0 Å². The van der Waals surface area contributed by atoms with Gasteiger partial charge in [-0.3, -0.25) is 0 Å². The quantitative estimate of drug-likeness (QED) is 0.508. The number of azo groups is 1. The SMILES string of the molecule is COc1ccc(N=NC2C(N3CCOCC3)=CC(=[N+]3CCCC3)C=C2N2CCOCC2)cc1. The summed E-state index contributed by atoms with van der Waals surface area (Å²) >= 11 is 0. The van der Waals surface area contributed by atoms with Gasteiger partial charge < -0.3 is 24.0 Å². The van der Waals surface area contributed by atoms with Gasteiger partial charge in [0.1, 0.15) is 18.8 Å². The first kappa shape index (κ1) is 22.1. The molecule has 0 unspecified atom stereocenters. The van der Waals surface area contributed by atoms with E-state index in [1.54, 1.807) is 7.11 Å². The van der Waals surface area contributed by atoms with Crippen LogP contribution in [0.25, 0.3) is 0 Å². The Balaban J connectivity index is 1.52. The molecular weight excluding hydrogens is 418 g/mol. The van der Waals surface area contributed by atoms with Crippen molar-refractivity contribution in [1.82, 2.24) is 9.80 Å². The minimum absolute atomic E-state index is 0.144. The first-order valence-corrected chi connectivity index (χ1v) is 12.1. The van der Waals surface area contributed by atoms with Crippen molar-refractivity contribution in [2.24, 2.45) is 10.2 Å². The van der Waals surface area contributed by atoms with E-state index in [0.29, 0.717) is 0 Å². The van der Waals surface area contributed by atoms with Crippen molar-refractivity contribution in [3.8, 4) is 5.75 Å². The monoisotopic (exact) mass is 452 g/mol. The fraction of sp³-hybridized carbons (Fsp3) is 0.560. The number of nitrogens with zero attached hydrogens (tertiary/aromatic N) is 5. The molecule has 33 heavy (non-hydrogen) atoms. The van der Waals surface area contributed by atoms with E-state index in [0.717, 1.165) is 77.1 Å². The molecule has 8 heteroatoms. The number of morpholine rings is 2. The fourth-order valence-corrected chi connectivity index (χ4v) is 4.88. The summed E-state index contributed by atoms with van der Waals surface area (Å²) < 4.78 is 19.1. The van der Waals surface area contributed by atoms with Gasteiger partial charge in [-0.25, -0.2) is 4.58 Å². The summed E-state index contributed by atoms with van der Waals surface area (Å²) in [7, 11) is 1.67. The van der Waals surface area contributed by atoms with Crippen LogP contribution >= 0.6 is 0 Å². The third kappa shape index (κ3) is 5.12. The van der Waals surface area contributed by atoms with Crippen LogP contribution in [0.1, 0.15) is 12.8 Å². The van der Waals surface area contributed by atoms with Crippen molar-refractivity contribution >= 4 is 11.4 Å². The number of ether oxygens (including phenoxy) is 3. The molecule has 3 fully saturated rings. The molecule has 1 aromatic carbocycles. The summed E-state index contributed by atoms with van der Waals surface area (Å²) in [5.41, 5.74) is 4.57. The Morgan fingerprint density at radius 2 is 1.39 bits per heavy atom. The number of methoxy groups -OCH3 is 1. The van der Waals surface area contributed by atoms with Gasteiger partial charge in [0, 0.05) is 51.2 Å². The van der Waals surface area contributed by atoms with E-state index in [1.165, 1.54) is 29.9 Å². The molecule has 3 aliphatic heterocycles. The van der Waals surface area contributed by atoms with Crippen molar-refractivity contribution in [3.63, 3.8) is 0 Å². The maximum atomic E-state index is 5.65. The Morgan fingerprint density at radius 1 is 0.848 bits per heavy atom. The first-order chi connectivity index (χ1) is 16.3. The average Bonchev–Trinajstić information content (AvgIpc) is 3.43. The Hall–Kier alpha value is -2.71. The summed E-state index contributed by atoms with van der Waals surface area (Å²) in [5.74, 6) is 0.819. The zero-order chi connectivity index (χ0) is 22.5. The van der Waals surface area contributed by atoms with Crippen LogP contribution in [0.4, 0.5) is 5.69 Å². The summed E-state index contributed by atoms with van der Waals surface area (Å²) in [6, 6.07) is 7.60. The van der Waals surface area contributed by atoms with Crippen molar-refractivity contribution in [3.05, 3.63) is 47.8 Å². The zero-order valence-corrected chi connectivity index (χ0v) is 19.5. The number of rotatable bonds is 5. The summed E-state index contributed by atoms with van der Waals surface area (Å²) in [5, 5.41) is 9.60. The molecule has 1 aliphatic carbocycles. The van der Waals surface area contributed by atoms with E-state index < -0.39 is 0 Å². The standard InChI is InChI=1S/C25H34N5O3/c1-31-22-6-4-20(5-7-22)26-27-25-23(29-10-14-32-15-11-29)18-21(28-8-2-3-9-28)19-24(25)30-12-16-33-17-13-30/h4-7,18-19,25H,2-3,8-17H2,1H3/q+1. The van der Waals surface area contributed by atoms with E-state index >= 15 is 0 Å². The van der Waals surface area contributed by atoms with Crippen LogP contribution in [-0.2, 0) is 9.47 Å². The van der Waals surface area contributed by atoms with E-state index in [9.17, 15) is 0 Å². The minimum atomic E-state index is -0.144. The minimum Gasteiger partial charge on any atom is -0.497 e. The maximum Gasteiger partial charge on any atom is 0.203 e. The second kappa shape index (κ2) is 10.5. The molecule has 0 radical (unpaired) electrons. The van der Waals surface area contributed by atoms with Crippen molar-refractivity contribution in [2.75, 3.05) is 72.8 Å². The van der Waals surface area contributed by atoms with E-state index in [-0.39, 0.29) is 6.04 Å². The van der Waals surface area contributed by atoms with Gasteiger partial charge in [-0.2, -0.15) is 10.2 Å². The number of hydrogen-bond acceptors (Lipinski definition) is 7. The molecule has 0 spiro atoms. The molecule has 0 saturated carbocycles. The molecule has 1 aromatic rings. The second-order valence-electron chi connectivity index (χ2n) is 8.77. The lowest BCUT2D eigenvalue weighted by atomic mass is 9.98. The molecule has 0 aromatic heterocycles. The fourth-order valence-electron chi connectivity index (χ4n) is 4.88. The smallest absolute Gasteiger partial charge is 0.203 e. The number of benzene rings is 1. The number of hydrogen-bond donors (Lipinski definition) is 0. The van der Waals surface area contributed by atoms with Crippen LogP contribution in [0, 0.1) is 0 Å². The average molecular weight is 453 g/mol. The highest BCUT2D eigenvalue weighted by Gasteiger charge is 2.35. The van der Waals surface area contributed by atoms with E-state index in [1.807, 2.05) is 24.3 Å². The molecule has 8 nitrogen and oxygen atoms in total. The van der Waals surface area contributed by atoms with Crippen LogP contribution in [0.15, 0.2) is 58.0 Å². The van der Waals surface area contributed by atoms with Crippen molar-refractivity contribution in [2.45, 2.75) is 18.9 Å². The predicted octanol–water partition coefficient (Wildman–Crippen LogP) is 2.84. The van der Waals surface area contributed by atoms with Crippen LogP contribution in [0.2, 0.25) is 0 Å². The van der Waals surface area contributed by atoms with E-state index in [4.69, 9.17) is 19.3 Å². The molecule has 4 aliphatic rings. The molecule has 176 valence electrons. The second-order valence-corrected chi connectivity index (χ2v) is 8.77. The highest BCUT2D eigenvalue weighted by Crippen LogP contribution is 2.30. The molecule has 0 bridgehead atoms. The molecule has 0 atom stereocenters. The zero-order valence-electron chi connectivity index (χ0n) is 19.5. The Bertz CT molecular complexity index is 895. The molecule has 5 rings (SSSR count). The third-order valence-electron chi connectivity index (χ3n) is 6.74. The first-order valence-electron chi connectivity index (χ1n) is 12.1. The lowest BCUT2D eigenvalue weighted by Crippen LogP contribution is -2.46. The highest BCUT2D eigenvalue weighted by molar-refractivity contribution is 6.02. The summed E-state index contributed by atoms with van der Waals surface area (Å²) in [6.45, 7) is 8.73. The summed E-state index contributed by atoms with van der Waals surface area (Å²) in [4.78, 5) is 4.87. The topological polar surface area (TPSA) is 61.9 Å². The van der Waals surface area contributed by atoms with Crippen LogP contribution in [-0.4, -0.2) is 98.9 Å². The summed E-state index contributed by atoms with van der Waals surface area (Å²) in [6.07, 6.45) is 7.20. The van der Waals surface area contributed by atoms with Gasteiger partial charge in [0.05, 0.1) is 50.6 Å². The van der Waals surface area contributed by atoms with Gasteiger partial charge in [0.25, 0.3) is 0 Å². The number of allylic oxidation sites excluding steroid dienone is 2. The Labute approximate surface area is 195 Å². The lowest BCUT2D eigenvalue weighted by Gasteiger charge is -2.39. The molecule has 0 amide bonds. The largest absolute Gasteiger partial charge is 0.497 e. The van der Waals surface area contributed by atoms with Crippen molar-refractivity contribution < 1.29 is 18.8 Å².